The van der Waals surface area contributed by atoms with Gasteiger partial charge in [-0.3, -0.25) is 0 Å². The van der Waals surface area contributed by atoms with Gasteiger partial charge in [0, 0.05) is 12.7 Å². The van der Waals surface area contributed by atoms with Gasteiger partial charge in [0.2, 0.25) is 0 Å². The minimum atomic E-state index is 0.636. The monoisotopic (exact) mass is 285 g/mol. The van der Waals surface area contributed by atoms with E-state index >= 15 is 0 Å². The van der Waals surface area contributed by atoms with Gasteiger partial charge in [-0.2, -0.15) is 11.8 Å². The summed E-state index contributed by atoms with van der Waals surface area (Å²) in [6, 6.07) is 1.87. The molecule has 1 aliphatic heterocycles. The standard InChI is InChI=1S/C11H12ClN3S2/c12-8-3-9-10(13-4-8)15(11(16)14-9)5-7-1-2-17-6-7/h3-4,7H,1-2,5-6H2,(H,14,16). The van der Waals surface area contributed by atoms with E-state index < -0.39 is 0 Å². The Hall–Kier alpha value is -0.520. The number of hydrogen-bond donors (Lipinski definition) is 1. The van der Waals surface area contributed by atoms with Crippen molar-refractivity contribution in [1.82, 2.24) is 14.5 Å². The fourth-order valence-corrected chi connectivity index (χ4v) is 3.87. The summed E-state index contributed by atoms with van der Waals surface area (Å²) < 4.78 is 2.84. The average Bonchev–Trinajstić information content (AvgIpc) is 2.88. The molecule has 3 nitrogen and oxygen atoms in total. The molecule has 2 aromatic rings. The Morgan fingerprint density at radius 2 is 2.53 bits per heavy atom. The molecule has 1 saturated heterocycles. The highest BCUT2D eigenvalue weighted by molar-refractivity contribution is 7.99. The Balaban J connectivity index is 2.02. The number of halogens is 1. The fourth-order valence-electron chi connectivity index (χ4n) is 2.17. The van der Waals surface area contributed by atoms with E-state index in [1.54, 1.807) is 6.20 Å². The Morgan fingerprint density at radius 1 is 1.65 bits per heavy atom. The van der Waals surface area contributed by atoms with Crippen LogP contribution in [0.15, 0.2) is 12.3 Å². The first kappa shape index (κ1) is 11.6. The van der Waals surface area contributed by atoms with Crippen LogP contribution in [0.3, 0.4) is 0 Å². The molecule has 0 aromatic carbocycles. The molecule has 0 saturated carbocycles. The van der Waals surface area contributed by atoms with Crippen molar-refractivity contribution >= 4 is 46.7 Å². The molecule has 90 valence electrons. The van der Waals surface area contributed by atoms with Crippen molar-refractivity contribution in [2.75, 3.05) is 11.5 Å². The van der Waals surface area contributed by atoms with E-state index in [9.17, 15) is 0 Å². The molecule has 6 heteroatoms. The predicted molar refractivity (Wildman–Crippen MR) is 75.4 cm³/mol. The number of H-pyrrole nitrogens is 1. The number of nitrogens with one attached hydrogen (secondary N) is 1. The predicted octanol–water partition coefficient (Wildman–Crippen LogP) is 3.50. The summed E-state index contributed by atoms with van der Waals surface area (Å²) in [6.45, 7) is 0.959. The van der Waals surface area contributed by atoms with Gasteiger partial charge in [-0.15, -0.1) is 0 Å². The molecule has 1 N–H and O–H groups in total. The number of rotatable bonds is 2. The third kappa shape index (κ3) is 2.23. The van der Waals surface area contributed by atoms with Crippen molar-refractivity contribution in [3.63, 3.8) is 0 Å². The zero-order chi connectivity index (χ0) is 11.8. The maximum atomic E-state index is 5.92. The zero-order valence-electron chi connectivity index (χ0n) is 9.15. The first-order chi connectivity index (χ1) is 8.24. The highest BCUT2D eigenvalue weighted by Gasteiger charge is 2.18. The number of nitrogens with zero attached hydrogens (tertiary/aromatic N) is 2. The van der Waals surface area contributed by atoms with E-state index in [4.69, 9.17) is 23.8 Å². The topological polar surface area (TPSA) is 33.6 Å². The van der Waals surface area contributed by atoms with Gasteiger partial charge in [0.05, 0.1) is 10.5 Å². The minimum absolute atomic E-state index is 0.636. The van der Waals surface area contributed by atoms with Crippen LogP contribution in [0.25, 0.3) is 11.2 Å². The Labute approximate surface area is 114 Å². The van der Waals surface area contributed by atoms with Gasteiger partial charge in [-0.1, -0.05) is 11.6 Å². The van der Waals surface area contributed by atoms with Crippen LogP contribution in [-0.2, 0) is 6.54 Å². The lowest BCUT2D eigenvalue weighted by atomic mass is 10.1. The summed E-state index contributed by atoms with van der Waals surface area (Å²) >= 11 is 13.3. The molecule has 0 bridgehead atoms. The number of fused-ring (bicyclic) bond motifs is 1. The minimum Gasteiger partial charge on any atom is -0.329 e. The number of imidazole rings is 1. The smallest absolute Gasteiger partial charge is 0.179 e. The number of pyridine rings is 1. The van der Waals surface area contributed by atoms with Crippen LogP contribution >= 0.6 is 35.6 Å². The molecule has 1 unspecified atom stereocenters. The summed E-state index contributed by atoms with van der Waals surface area (Å²) in [7, 11) is 0. The first-order valence-electron chi connectivity index (χ1n) is 5.56. The van der Waals surface area contributed by atoms with Crippen LogP contribution in [0.4, 0.5) is 0 Å². The second kappa shape index (κ2) is 4.63. The molecule has 2 aromatic heterocycles. The molecule has 3 rings (SSSR count). The molecule has 17 heavy (non-hydrogen) atoms. The molecule has 0 spiro atoms. The molecule has 1 atom stereocenters. The van der Waals surface area contributed by atoms with Crippen molar-refractivity contribution in [2.45, 2.75) is 13.0 Å². The Kier molecular flexibility index (Phi) is 3.15. The molecule has 0 aliphatic carbocycles. The summed E-state index contributed by atoms with van der Waals surface area (Å²) in [5.41, 5.74) is 1.84. The quantitative estimate of drug-likeness (QED) is 0.858. The largest absolute Gasteiger partial charge is 0.329 e. The van der Waals surface area contributed by atoms with E-state index in [0.717, 1.165) is 22.5 Å². The van der Waals surface area contributed by atoms with Crippen LogP contribution in [0.2, 0.25) is 5.02 Å². The summed E-state index contributed by atoms with van der Waals surface area (Å²) in [5, 5.41) is 0.636. The molecule has 1 aliphatic rings. The van der Waals surface area contributed by atoms with Gasteiger partial charge in [0.25, 0.3) is 0 Å². The van der Waals surface area contributed by atoms with E-state index in [1.165, 1.54) is 17.9 Å². The second-order valence-corrected chi connectivity index (χ2v) is 6.27. The SMILES string of the molecule is S=c1[nH]c2cc(Cl)cnc2n1CC1CCSC1. The van der Waals surface area contributed by atoms with Gasteiger partial charge < -0.3 is 9.55 Å². The highest BCUT2D eigenvalue weighted by Crippen LogP contribution is 2.26. The van der Waals surface area contributed by atoms with Crippen LogP contribution < -0.4 is 0 Å². The first-order valence-corrected chi connectivity index (χ1v) is 7.50. The molecule has 0 radical (unpaired) electrons. The zero-order valence-corrected chi connectivity index (χ0v) is 11.5. The van der Waals surface area contributed by atoms with E-state index in [0.29, 0.717) is 10.9 Å². The summed E-state index contributed by atoms with van der Waals surface area (Å²) in [4.78, 5) is 7.54. The lowest BCUT2D eigenvalue weighted by Crippen LogP contribution is -2.10. The van der Waals surface area contributed by atoms with Crippen LogP contribution in [0.1, 0.15) is 6.42 Å². The Morgan fingerprint density at radius 3 is 3.29 bits per heavy atom. The van der Waals surface area contributed by atoms with Crippen molar-refractivity contribution in [3.8, 4) is 0 Å². The number of aromatic nitrogens is 3. The van der Waals surface area contributed by atoms with Gasteiger partial charge in [-0.25, -0.2) is 4.98 Å². The van der Waals surface area contributed by atoms with Crippen molar-refractivity contribution in [2.24, 2.45) is 5.92 Å². The van der Waals surface area contributed by atoms with Gasteiger partial charge in [0.1, 0.15) is 0 Å². The number of hydrogen-bond acceptors (Lipinski definition) is 3. The highest BCUT2D eigenvalue weighted by atomic mass is 35.5. The lowest BCUT2D eigenvalue weighted by Gasteiger charge is -2.09. The van der Waals surface area contributed by atoms with Gasteiger partial charge in [-0.05, 0) is 42.1 Å². The van der Waals surface area contributed by atoms with E-state index in [1.807, 2.05) is 17.8 Å². The number of thioether (sulfide) groups is 1. The van der Waals surface area contributed by atoms with Crippen LogP contribution in [0, 0.1) is 10.7 Å². The summed E-state index contributed by atoms with van der Waals surface area (Å²) in [5.74, 6) is 3.20. The molecular formula is C11H12ClN3S2. The average molecular weight is 286 g/mol. The maximum absolute atomic E-state index is 5.92. The Bertz CT molecular complexity index is 598. The van der Waals surface area contributed by atoms with Crippen molar-refractivity contribution < 1.29 is 0 Å². The molecule has 3 heterocycles. The van der Waals surface area contributed by atoms with E-state index in [-0.39, 0.29) is 0 Å². The van der Waals surface area contributed by atoms with Gasteiger partial charge >= 0.3 is 0 Å². The molecule has 0 amide bonds. The molecule has 1 fully saturated rings. The maximum Gasteiger partial charge on any atom is 0.179 e. The lowest BCUT2D eigenvalue weighted by molar-refractivity contribution is 0.496. The van der Waals surface area contributed by atoms with Crippen LogP contribution in [-0.4, -0.2) is 26.0 Å². The molecular weight excluding hydrogens is 274 g/mol. The van der Waals surface area contributed by atoms with Crippen molar-refractivity contribution in [1.29, 1.82) is 0 Å². The second-order valence-electron chi connectivity index (χ2n) is 4.30. The third-order valence-electron chi connectivity index (χ3n) is 3.04. The van der Waals surface area contributed by atoms with Crippen molar-refractivity contribution in [3.05, 3.63) is 22.1 Å². The van der Waals surface area contributed by atoms with Gasteiger partial charge in [0.15, 0.2) is 10.4 Å². The normalized spacial score (nSPS) is 20.2. The number of aromatic amines is 1. The van der Waals surface area contributed by atoms with Crippen LogP contribution in [0.5, 0.6) is 0 Å². The third-order valence-corrected chi connectivity index (χ3v) is 4.80. The fraction of sp³-hybridized carbons (Fsp3) is 0.455. The summed E-state index contributed by atoms with van der Waals surface area (Å²) in [6.07, 6.45) is 2.94. The van der Waals surface area contributed by atoms with E-state index in [2.05, 4.69) is 14.5 Å².